The van der Waals surface area contributed by atoms with Gasteiger partial charge in [-0.25, -0.2) is 0 Å². The molecule has 0 saturated heterocycles. The Morgan fingerprint density at radius 2 is 1.61 bits per heavy atom. The summed E-state index contributed by atoms with van der Waals surface area (Å²) in [6.45, 7) is 0. The molecule has 0 aromatic heterocycles. The molecule has 0 heterocycles. The van der Waals surface area contributed by atoms with Crippen molar-refractivity contribution in [3.63, 3.8) is 0 Å². The number of benzene rings is 2. The summed E-state index contributed by atoms with van der Waals surface area (Å²) in [4.78, 5) is 0. The molecule has 23 heavy (non-hydrogen) atoms. The van der Waals surface area contributed by atoms with E-state index in [2.05, 4.69) is 30.3 Å². The highest BCUT2D eigenvalue weighted by Crippen LogP contribution is 2.51. The van der Waals surface area contributed by atoms with Gasteiger partial charge in [-0.1, -0.05) is 6.07 Å². The molecule has 0 spiro atoms. The van der Waals surface area contributed by atoms with E-state index in [0.717, 1.165) is 30.1 Å². The van der Waals surface area contributed by atoms with E-state index < -0.39 is 0 Å². The van der Waals surface area contributed by atoms with Crippen molar-refractivity contribution in [3.8, 4) is 17.2 Å². The van der Waals surface area contributed by atoms with Gasteiger partial charge in [-0.2, -0.15) is 0 Å². The Morgan fingerprint density at radius 1 is 0.826 bits per heavy atom. The van der Waals surface area contributed by atoms with Crippen molar-refractivity contribution in [2.24, 2.45) is 5.92 Å². The second-order valence-electron chi connectivity index (χ2n) is 6.45. The molecule has 0 aliphatic heterocycles. The van der Waals surface area contributed by atoms with Crippen LogP contribution in [0.2, 0.25) is 0 Å². The van der Waals surface area contributed by atoms with Gasteiger partial charge in [0.2, 0.25) is 0 Å². The minimum absolute atomic E-state index is 0.472. The van der Waals surface area contributed by atoms with Gasteiger partial charge < -0.3 is 14.2 Å². The molecule has 4 rings (SSSR count). The molecule has 2 aliphatic rings. The lowest BCUT2D eigenvalue weighted by atomic mass is 9.75. The fourth-order valence-electron chi connectivity index (χ4n) is 4.32. The van der Waals surface area contributed by atoms with E-state index in [4.69, 9.17) is 14.2 Å². The molecule has 2 aromatic rings. The van der Waals surface area contributed by atoms with Crippen LogP contribution in [0.25, 0.3) is 0 Å². The lowest BCUT2D eigenvalue weighted by Crippen LogP contribution is -2.18. The smallest absolute Gasteiger partial charge is 0.161 e. The van der Waals surface area contributed by atoms with E-state index in [1.165, 1.54) is 28.7 Å². The molecule has 0 bridgehead atoms. The topological polar surface area (TPSA) is 27.7 Å². The van der Waals surface area contributed by atoms with Crippen LogP contribution in [0.1, 0.15) is 34.6 Å². The molecule has 2 aromatic carbocycles. The largest absolute Gasteiger partial charge is 0.497 e. The van der Waals surface area contributed by atoms with Crippen LogP contribution in [0.5, 0.6) is 17.2 Å². The molecular weight excluding hydrogens is 288 g/mol. The normalized spacial score (nSPS) is 21.2. The number of hydrogen-bond donors (Lipinski definition) is 0. The van der Waals surface area contributed by atoms with E-state index in [0.29, 0.717) is 11.8 Å². The van der Waals surface area contributed by atoms with Crippen molar-refractivity contribution >= 4 is 0 Å². The molecule has 0 amide bonds. The zero-order chi connectivity index (χ0) is 16.0. The second-order valence-corrected chi connectivity index (χ2v) is 6.45. The van der Waals surface area contributed by atoms with Gasteiger partial charge in [-0.05, 0) is 71.7 Å². The lowest BCUT2D eigenvalue weighted by molar-refractivity contribution is 0.354. The Hall–Kier alpha value is -2.16. The van der Waals surface area contributed by atoms with Crippen LogP contribution in [-0.4, -0.2) is 21.3 Å². The van der Waals surface area contributed by atoms with Crippen LogP contribution in [-0.2, 0) is 12.8 Å². The SMILES string of the molecule is COc1ccc2c(c1)CCC1Cc3cc(OC)c(OC)cc3C21. The minimum atomic E-state index is 0.472. The number of hydrogen-bond acceptors (Lipinski definition) is 3. The van der Waals surface area contributed by atoms with Crippen LogP contribution < -0.4 is 14.2 Å². The van der Waals surface area contributed by atoms with Crippen LogP contribution in [0.15, 0.2) is 30.3 Å². The van der Waals surface area contributed by atoms with E-state index in [1.54, 1.807) is 21.3 Å². The Bertz CT molecular complexity index is 751. The Morgan fingerprint density at radius 3 is 2.35 bits per heavy atom. The summed E-state index contributed by atoms with van der Waals surface area (Å²) in [6.07, 6.45) is 3.49. The summed E-state index contributed by atoms with van der Waals surface area (Å²) >= 11 is 0. The lowest BCUT2D eigenvalue weighted by Gasteiger charge is -2.29. The first-order valence-electron chi connectivity index (χ1n) is 8.16. The summed E-state index contributed by atoms with van der Waals surface area (Å²) in [5, 5.41) is 0. The standard InChI is InChI=1S/C20H22O3/c1-21-15-6-7-16-12(9-15)4-5-13-8-14-10-18(22-2)19(23-3)11-17(14)20(13)16/h6-7,9-11,13,20H,4-5,8H2,1-3H3. The van der Waals surface area contributed by atoms with Gasteiger partial charge in [-0.3, -0.25) is 0 Å². The summed E-state index contributed by atoms with van der Waals surface area (Å²) in [6, 6.07) is 10.9. The maximum atomic E-state index is 5.52. The van der Waals surface area contributed by atoms with Gasteiger partial charge in [0.05, 0.1) is 21.3 Å². The summed E-state index contributed by atoms with van der Waals surface area (Å²) < 4.78 is 16.4. The zero-order valence-corrected chi connectivity index (χ0v) is 13.9. The van der Waals surface area contributed by atoms with Crippen molar-refractivity contribution < 1.29 is 14.2 Å². The highest BCUT2D eigenvalue weighted by molar-refractivity contribution is 5.56. The number of fused-ring (bicyclic) bond motifs is 5. The monoisotopic (exact) mass is 310 g/mol. The van der Waals surface area contributed by atoms with Crippen LogP contribution >= 0.6 is 0 Å². The molecule has 3 heteroatoms. The first kappa shape index (κ1) is 14.4. The van der Waals surface area contributed by atoms with Gasteiger partial charge in [-0.15, -0.1) is 0 Å². The molecule has 2 unspecified atom stereocenters. The Kier molecular flexibility index (Phi) is 3.44. The fourth-order valence-corrected chi connectivity index (χ4v) is 4.32. The highest BCUT2D eigenvalue weighted by Gasteiger charge is 2.38. The van der Waals surface area contributed by atoms with Crippen molar-refractivity contribution in [2.45, 2.75) is 25.2 Å². The predicted octanol–water partition coefficient (Wildman–Crippen LogP) is 3.96. The van der Waals surface area contributed by atoms with Crippen LogP contribution in [0, 0.1) is 5.92 Å². The van der Waals surface area contributed by atoms with Gasteiger partial charge in [0.15, 0.2) is 11.5 Å². The first-order chi connectivity index (χ1) is 11.2. The second kappa shape index (κ2) is 5.48. The maximum absolute atomic E-state index is 5.52. The zero-order valence-electron chi connectivity index (χ0n) is 13.9. The predicted molar refractivity (Wildman–Crippen MR) is 89.9 cm³/mol. The third kappa shape index (κ3) is 2.18. The molecule has 0 radical (unpaired) electrons. The van der Waals surface area contributed by atoms with Gasteiger partial charge in [0.25, 0.3) is 0 Å². The Labute approximate surface area is 137 Å². The average Bonchev–Trinajstić information content (AvgIpc) is 2.97. The van der Waals surface area contributed by atoms with Crippen molar-refractivity contribution in [1.82, 2.24) is 0 Å². The van der Waals surface area contributed by atoms with Crippen molar-refractivity contribution in [3.05, 3.63) is 52.6 Å². The Balaban J connectivity index is 1.83. The highest BCUT2D eigenvalue weighted by atomic mass is 16.5. The van der Waals surface area contributed by atoms with Crippen LogP contribution in [0.4, 0.5) is 0 Å². The van der Waals surface area contributed by atoms with Gasteiger partial charge >= 0.3 is 0 Å². The van der Waals surface area contributed by atoms with E-state index >= 15 is 0 Å². The van der Waals surface area contributed by atoms with E-state index in [-0.39, 0.29) is 0 Å². The fraction of sp³-hybridized carbons (Fsp3) is 0.400. The molecule has 3 nitrogen and oxygen atoms in total. The number of aryl methyl sites for hydroxylation is 1. The molecule has 2 aliphatic carbocycles. The number of ether oxygens (including phenoxy) is 3. The van der Waals surface area contributed by atoms with Gasteiger partial charge in [0, 0.05) is 5.92 Å². The molecule has 2 atom stereocenters. The third-order valence-electron chi connectivity index (χ3n) is 5.40. The molecule has 0 N–H and O–H groups in total. The average molecular weight is 310 g/mol. The molecule has 120 valence electrons. The minimum Gasteiger partial charge on any atom is -0.497 e. The number of rotatable bonds is 3. The number of methoxy groups -OCH3 is 3. The van der Waals surface area contributed by atoms with Crippen LogP contribution in [0.3, 0.4) is 0 Å². The molecular formula is C20H22O3. The van der Waals surface area contributed by atoms with Crippen molar-refractivity contribution in [2.75, 3.05) is 21.3 Å². The summed E-state index contributed by atoms with van der Waals surface area (Å²) in [7, 11) is 5.14. The summed E-state index contributed by atoms with van der Waals surface area (Å²) in [5.74, 6) is 3.77. The summed E-state index contributed by atoms with van der Waals surface area (Å²) in [5.41, 5.74) is 5.68. The molecule has 0 fully saturated rings. The quantitative estimate of drug-likeness (QED) is 0.859. The van der Waals surface area contributed by atoms with E-state index in [9.17, 15) is 0 Å². The van der Waals surface area contributed by atoms with Gasteiger partial charge in [0.1, 0.15) is 5.75 Å². The molecule has 0 saturated carbocycles. The van der Waals surface area contributed by atoms with Crippen molar-refractivity contribution in [1.29, 1.82) is 0 Å². The van der Waals surface area contributed by atoms with E-state index in [1.807, 2.05) is 0 Å². The third-order valence-corrected chi connectivity index (χ3v) is 5.40. The maximum Gasteiger partial charge on any atom is 0.161 e. The first-order valence-corrected chi connectivity index (χ1v) is 8.16.